The largest absolute Gasteiger partial charge is 0.310 e. The van der Waals surface area contributed by atoms with Crippen LogP contribution < -0.4 is 4.90 Å². The molecular weight excluding hydrogens is 851 g/mol. The van der Waals surface area contributed by atoms with Gasteiger partial charge in [-0.25, -0.2) is 0 Å². The minimum atomic E-state index is -0.131. The molecule has 1 heterocycles. The van der Waals surface area contributed by atoms with Crippen molar-refractivity contribution >= 4 is 91.7 Å². The van der Waals surface area contributed by atoms with Crippen LogP contribution >= 0.6 is 11.3 Å². The van der Waals surface area contributed by atoms with E-state index in [0.29, 0.717) is 0 Å². The van der Waals surface area contributed by atoms with Crippen LogP contribution in [-0.4, -0.2) is 0 Å². The molecule has 0 radical (unpaired) electrons. The molecule has 14 rings (SSSR count). The SMILES string of the molecule is CC1(C)c2ccccc2-c2ccc(N(c3ccc(-c4ccc5c6ccccc6c6ccccc6c5c4-c4cccc5sc6ccccc6c45)cc3)c3ccc(-c4cccc5ccccc45)cc3)cc21. The second-order valence-corrected chi connectivity index (χ2v) is 20.2. The Morgan fingerprint density at radius 2 is 0.812 bits per heavy atom. The van der Waals surface area contributed by atoms with Gasteiger partial charge in [0, 0.05) is 42.6 Å². The van der Waals surface area contributed by atoms with Crippen molar-refractivity contribution in [2.24, 2.45) is 0 Å². The van der Waals surface area contributed by atoms with Crippen molar-refractivity contribution in [2.45, 2.75) is 19.3 Å². The van der Waals surface area contributed by atoms with Crippen molar-refractivity contribution in [1.82, 2.24) is 0 Å². The van der Waals surface area contributed by atoms with Crippen molar-refractivity contribution in [3.63, 3.8) is 0 Å². The molecule has 1 aliphatic carbocycles. The van der Waals surface area contributed by atoms with Crippen molar-refractivity contribution in [1.29, 1.82) is 0 Å². The maximum absolute atomic E-state index is 2.44. The molecule has 0 bridgehead atoms. The first-order valence-electron chi connectivity index (χ1n) is 24.0. The molecule has 0 N–H and O–H groups in total. The monoisotopic (exact) mass is 895 g/mol. The van der Waals surface area contributed by atoms with Crippen LogP contribution in [0.2, 0.25) is 0 Å². The second kappa shape index (κ2) is 15.4. The van der Waals surface area contributed by atoms with Gasteiger partial charge in [-0.2, -0.15) is 0 Å². The lowest BCUT2D eigenvalue weighted by Crippen LogP contribution is -2.16. The summed E-state index contributed by atoms with van der Waals surface area (Å²) in [4.78, 5) is 2.44. The molecule has 13 aromatic rings. The van der Waals surface area contributed by atoms with E-state index in [2.05, 4.69) is 255 Å². The number of rotatable bonds is 6. The summed E-state index contributed by atoms with van der Waals surface area (Å²) in [6, 6.07) is 88.3. The zero-order chi connectivity index (χ0) is 45.8. The third-order valence-electron chi connectivity index (χ3n) is 15.1. The standard InChI is InChI=1S/C67H45NS/c1-67(2)60-26-11-9-21-54(60)55-38-37-47(41-61(55)67)68(45-33-29-43(30-34-45)49-24-13-16-42-15-3-4-17-48(42)49)46-35-31-44(32-36-46)50-39-40-57-53-20-6-5-18-51(53)52-19-7-8-22-56(52)66(57)65(50)59-25-14-28-63-64(59)58-23-10-12-27-62(58)69-63/h3-41H,1-2H3. The van der Waals surface area contributed by atoms with Crippen LogP contribution in [0.5, 0.6) is 0 Å². The van der Waals surface area contributed by atoms with Crippen LogP contribution in [0, 0.1) is 0 Å². The summed E-state index contributed by atoms with van der Waals surface area (Å²) >= 11 is 1.88. The first-order valence-corrected chi connectivity index (χ1v) is 24.8. The lowest BCUT2D eigenvalue weighted by Gasteiger charge is -2.28. The van der Waals surface area contributed by atoms with Crippen LogP contribution in [0.3, 0.4) is 0 Å². The Bertz CT molecular complexity index is 4170. The highest BCUT2D eigenvalue weighted by Crippen LogP contribution is 2.52. The third kappa shape index (κ3) is 6.09. The van der Waals surface area contributed by atoms with Crippen molar-refractivity contribution in [2.75, 3.05) is 4.90 Å². The number of fused-ring (bicyclic) bond motifs is 13. The molecule has 1 aliphatic rings. The molecule has 69 heavy (non-hydrogen) atoms. The number of hydrogen-bond donors (Lipinski definition) is 0. The molecule has 2 heteroatoms. The fourth-order valence-corrected chi connectivity index (χ4v) is 13.0. The molecular formula is C67H45NS. The van der Waals surface area contributed by atoms with E-state index in [9.17, 15) is 0 Å². The van der Waals surface area contributed by atoms with Gasteiger partial charge in [0.05, 0.1) is 0 Å². The summed E-state index contributed by atoms with van der Waals surface area (Å²) in [7, 11) is 0. The number of hydrogen-bond acceptors (Lipinski definition) is 2. The Morgan fingerprint density at radius 3 is 1.57 bits per heavy atom. The highest BCUT2D eigenvalue weighted by atomic mass is 32.1. The van der Waals surface area contributed by atoms with Crippen LogP contribution in [-0.2, 0) is 5.41 Å². The van der Waals surface area contributed by atoms with Gasteiger partial charge in [-0.05, 0) is 147 Å². The molecule has 1 nitrogen and oxygen atoms in total. The predicted molar refractivity (Wildman–Crippen MR) is 298 cm³/mol. The van der Waals surface area contributed by atoms with E-state index >= 15 is 0 Å². The van der Waals surface area contributed by atoms with Gasteiger partial charge in [0.25, 0.3) is 0 Å². The normalized spacial score (nSPS) is 12.9. The van der Waals surface area contributed by atoms with Gasteiger partial charge >= 0.3 is 0 Å². The third-order valence-corrected chi connectivity index (χ3v) is 16.2. The zero-order valence-electron chi connectivity index (χ0n) is 38.4. The van der Waals surface area contributed by atoms with Crippen molar-refractivity contribution < 1.29 is 0 Å². The van der Waals surface area contributed by atoms with Gasteiger partial charge < -0.3 is 4.90 Å². The Hall–Kier alpha value is -8.30. The van der Waals surface area contributed by atoms with E-state index < -0.39 is 0 Å². The molecule has 0 unspecified atom stereocenters. The second-order valence-electron chi connectivity index (χ2n) is 19.1. The van der Waals surface area contributed by atoms with Crippen LogP contribution in [0.4, 0.5) is 17.1 Å². The van der Waals surface area contributed by atoms with Gasteiger partial charge in [0.1, 0.15) is 0 Å². The molecule has 0 amide bonds. The molecule has 0 saturated carbocycles. The van der Waals surface area contributed by atoms with E-state index in [1.54, 1.807) is 0 Å². The van der Waals surface area contributed by atoms with Gasteiger partial charge in [-0.3, -0.25) is 0 Å². The molecule has 0 spiro atoms. The minimum absolute atomic E-state index is 0.131. The molecule has 324 valence electrons. The lowest BCUT2D eigenvalue weighted by atomic mass is 9.82. The van der Waals surface area contributed by atoms with E-state index in [4.69, 9.17) is 0 Å². The maximum atomic E-state index is 2.44. The Morgan fingerprint density at radius 1 is 0.319 bits per heavy atom. The number of nitrogens with zero attached hydrogens (tertiary/aromatic N) is 1. The van der Waals surface area contributed by atoms with E-state index in [1.165, 1.54) is 119 Å². The summed E-state index contributed by atoms with van der Waals surface area (Å²) < 4.78 is 2.62. The van der Waals surface area contributed by atoms with E-state index in [-0.39, 0.29) is 5.41 Å². The smallest absolute Gasteiger partial charge is 0.0465 e. The molecule has 0 saturated heterocycles. The average Bonchev–Trinajstić information content (AvgIpc) is 3.90. The minimum Gasteiger partial charge on any atom is -0.310 e. The summed E-state index contributed by atoms with van der Waals surface area (Å²) in [5.41, 5.74) is 16.0. The summed E-state index contributed by atoms with van der Waals surface area (Å²) in [6.07, 6.45) is 0. The summed E-state index contributed by atoms with van der Waals surface area (Å²) in [5.74, 6) is 0. The molecule has 12 aromatic carbocycles. The Labute approximate surface area is 405 Å². The molecule has 0 aliphatic heterocycles. The van der Waals surface area contributed by atoms with Crippen molar-refractivity contribution in [3.05, 3.63) is 248 Å². The van der Waals surface area contributed by atoms with Gasteiger partial charge in [-0.1, -0.05) is 202 Å². The first kappa shape index (κ1) is 39.8. The van der Waals surface area contributed by atoms with Crippen LogP contribution in [0.15, 0.2) is 237 Å². The maximum Gasteiger partial charge on any atom is 0.0465 e. The van der Waals surface area contributed by atoms with Gasteiger partial charge in [0.15, 0.2) is 0 Å². The number of thiophene rings is 1. The van der Waals surface area contributed by atoms with E-state index in [1.807, 2.05) is 11.3 Å². The summed E-state index contributed by atoms with van der Waals surface area (Å²) in [6.45, 7) is 4.73. The fourth-order valence-electron chi connectivity index (χ4n) is 11.8. The highest BCUT2D eigenvalue weighted by Gasteiger charge is 2.36. The lowest BCUT2D eigenvalue weighted by molar-refractivity contribution is 0.660. The zero-order valence-corrected chi connectivity index (χ0v) is 39.2. The fraction of sp³-hybridized carbons (Fsp3) is 0.0448. The molecule has 0 fully saturated rings. The molecule has 1 aromatic heterocycles. The average molecular weight is 896 g/mol. The van der Waals surface area contributed by atoms with Gasteiger partial charge in [-0.15, -0.1) is 11.3 Å². The highest BCUT2D eigenvalue weighted by molar-refractivity contribution is 7.26. The van der Waals surface area contributed by atoms with Crippen LogP contribution in [0.1, 0.15) is 25.0 Å². The summed E-state index contributed by atoms with van der Waals surface area (Å²) in [5, 5.41) is 12.8. The quantitative estimate of drug-likeness (QED) is 0.150. The van der Waals surface area contributed by atoms with Crippen LogP contribution in [0.25, 0.3) is 108 Å². The topological polar surface area (TPSA) is 3.24 Å². The number of benzene rings is 12. The first-order chi connectivity index (χ1) is 34.0. The Balaban J connectivity index is 0.975. The Kier molecular flexibility index (Phi) is 8.87. The van der Waals surface area contributed by atoms with Crippen molar-refractivity contribution in [3.8, 4) is 44.5 Å². The molecule has 0 atom stereocenters. The number of anilines is 3. The predicted octanol–water partition coefficient (Wildman–Crippen LogP) is 19.4. The van der Waals surface area contributed by atoms with Gasteiger partial charge in [0.2, 0.25) is 0 Å². The van der Waals surface area contributed by atoms with E-state index in [0.717, 1.165) is 17.1 Å².